The van der Waals surface area contributed by atoms with Gasteiger partial charge in [0.1, 0.15) is 5.75 Å². The fourth-order valence-corrected chi connectivity index (χ4v) is 1.80. The second kappa shape index (κ2) is 10.1. The molecule has 1 rings (SSSR count). The van der Waals surface area contributed by atoms with Gasteiger partial charge in [-0.1, -0.05) is 18.2 Å². The first-order chi connectivity index (χ1) is 9.77. The van der Waals surface area contributed by atoms with Gasteiger partial charge in [0, 0.05) is 26.3 Å². The third-order valence-corrected chi connectivity index (χ3v) is 2.83. The van der Waals surface area contributed by atoms with E-state index in [0.717, 1.165) is 43.9 Å². The van der Waals surface area contributed by atoms with E-state index in [-0.39, 0.29) is 0 Å². The van der Waals surface area contributed by atoms with Crippen LogP contribution in [0.3, 0.4) is 0 Å². The molecule has 0 amide bonds. The number of rotatable bonds is 9. The van der Waals surface area contributed by atoms with Crippen LogP contribution in [-0.4, -0.2) is 39.4 Å². The van der Waals surface area contributed by atoms with Crippen molar-refractivity contribution in [3.05, 3.63) is 29.8 Å². The lowest BCUT2D eigenvalue weighted by Gasteiger charge is -2.09. The first-order valence-corrected chi connectivity index (χ1v) is 7.01. The van der Waals surface area contributed by atoms with Crippen molar-refractivity contribution in [1.82, 2.24) is 5.32 Å². The number of nitrogens with zero attached hydrogens (tertiary/aromatic N) is 1. The Morgan fingerprint density at radius 2 is 2.15 bits per heavy atom. The maximum absolute atomic E-state index is 5.79. The normalized spacial score (nSPS) is 11.4. The van der Waals surface area contributed by atoms with Crippen LogP contribution in [0.4, 0.5) is 0 Å². The SMILES string of the molecule is CCOCCCN=C(N)NCCc1ccccc1OC. The summed E-state index contributed by atoms with van der Waals surface area (Å²) in [5.41, 5.74) is 6.95. The molecule has 0 unspecified atom stereocenters. The van der Waals surface area contributed by atoms with Crippen LogP contribution in [0.25, 0.3) is 0 Å². The standard InChI is InChI=1S/C15H25N3O2/c1-3-20-12-6-10-17-15(16)18-11-9-13-7-4-5-8-14(13)19-2/h4-5,7-8H,3,6,9-12H2,1-2H3,(H3,16,17,18). The average Bonchev–Trinajstić information content (AvgIpc) is 2.47. The molecule has 0 spiro atoms. The molecule has 0 bridgehead atoms. The van der Waals surface area contributed by atoms with Crippen LogP contribution < -0.4 is 15.8 Å². The monoisotopic (exact) mass is 279 g/mol. The molecular formula is C15H25N3O2. The number of hydrogen-bond acceptors (Lipinski definition) is 3. The van der Waals surface area contributed by atoms with Crippen molar-refractivity contribution in [2.45, 2.75) is 19.8 Å². The van der Waals surface area contributed by atoms with Gasteiger partial charge in [-0.2, -0.15) is 0 Å². The van der Waals surface area contributed by atoms with E-state index in [1.807, 2.05) is 25.1 Å². The molecule has 0 saturated heterocycles. The number of benzene rings is 1. The maximum atomic E-state index is 5.79. The molecule has 0 aliphatic carbocycles. The van der Waals surface area contributed by atoms with Crippen molar-refractivity contribution >= 4 is 5.96 Å². The van der Waals surface area contributed by atoms with Crippen LogP contribution in [0.5, 0.6) is 5.75 Å². The molecule has 20 heavy (non-hydrogen) atoms. The van der Waals surface area contributed by atoms with E-state index < -0.39 is 0 Å². The summed E-state index contributed by atoms with van der Waals surface area (Å²) in [7, 11) is 1.68. The lowest BCUT2D eigenvalue weighted by Crippen LogP contribution is -2.33. The van der Waals surface area contributed by atoms with E-state index in [1.165, 1.54) is 0 Å². The predicted molar refractivity (Wildman–Crippen MR) is 82.3 cm³/mol. The van der Waals surface area contributed by atoms with Gasteiger partial charge in [0.15, 0.2) is 5.96 Å². The molecule has 0 saturated carbocycles. The van der Waals surface area contributed by atoms with Crippen molar-refractivity contribution in [1.29, 1.82) is 0 Å². The zero-order chi connectivity index (χ0) is 14.6. The third-order valence-electron chi connectivity index (χ3n) is 2.83. The minimum atomic E-state index is 0.483. The molecule has 0 heterocycles. The second-order valence-corrected chi connectivity index (χ2v) is 4.31. The minimum absolute atomic E-state index is 0.483. The van der Waals surface area contributed by atoms with E-state index in [0.29, 0.717) is 12.5 Å². The number of ether oxygens (including phenoxy) is 2. The Kier molecular flexibility index (Phi) is 8.22. The molecule has 5 heteroatoms. The van der Waals surface area contributed by atoms with Crippen molar-refractivity contribution in [2.24, 2.45) is 10.7 Å². The number of guanidine groups is 1. The van der Waals surface area contributed by atoms with Crippen molar-refractivity contribution in [3.63, 3.8) is 0 Å². The molecule has 0 aliphatic rings. The van der Waals surface area contributed by atoms with Crippen LogP contribution in [0.2, 0.25) is 0 Å². The van der Waals surface area contributed by atoms with Crippen molar-refractivity contribution in [3.8, 4) is 5.75 Å². The first-order valence-electron chi connectivity index (χ1n) is 7.01. The molecule has 1 aromatic rings. The first kappa shape index (κ1) is 16.3. The van der Waals surface area contributed by atoms with Gasteiger partial charge in [0.05, 0.1) is 7.11 Å². The highest BCUT2D eigenvalue weighted by Crippen LogP contribution is 2.16. The van der Waals surface area contributed by atoms with Gasteiger partial charge >= 0.3 is 0 Å². The van der Waals surface area contributed by atoms with Gasteiger partial charge in [0.25, 0.3) is 0 Å². The van der Waals surface area contributed by atoms with E-state index in [2.05, 4.69) is 16.4 Å². The molecule has 0 aliphatic heterocycles. The fraction of sp³-hybridized carbons (Fsp3) is 0.533. The number of nitrogens with two attached hydrogens (primary N) is 1. The minimum Gasteiger partial charge on any atom is -0.496 e. The Hall–Kier alpha value is -1.75. The van der Waals surface area contributed by atoms with Crippen molar-refractivity contribution in [2.75, 3.05) is 33.4 Å². The van der Waals surface area contributed by atoms with Crippen LogP contribution >= 0.6 is 0 Å². The van der Waals surface area contributed by atoms with Gasteiger partial charge < -0.3 is 20.5 Å². The summed E-state index contributed by atoms with van der Waals surface area (Å²) >= 11 is 0. The molecule has 1 aromatic carbocycles. The summed E-state index contributed by atoms with van der Waals surface area (Å²) in [5.74, 6) is 1.39. The topological polar surface area (TPSA) is 68.9 Å². The largest absolute Gasteiger partial charge is 0.496 e. The molecule has 0 radical (unpaired) electrons. The van der Waals surface area contributed by atoms with E-state index in [9.17, 15) is 0 Å². The highest BCUT2D eigenvalue weighted by Gasteiger charge is 2.01. The van der Waals surface area contributed by atoms with Gasteiger partial charge in [-0.05, 0) is 31.4 Å². The Bertz CT molecular complexity index is 408. The number of para-hydroxylation sites is 1. The van der Waals surface area contributed by atoms with Crippen LogP contribution in [0, 0.1) is 0 Å². The summed E-state index contributed by atoms with van der Waals surface area (Å²) in [4.78, 5) is 4.24. The number of nitrogens with one attached hydrogen (secondary N) is 1. The highest BCUT2D eigenvalue weighted by atomic mass is 16.5. The van der Waals surface area contributed by atoms with Crippen LogP contribution in [0.15, 0.2) is 29.3 Å². The molecular weight excluding hydrogens is 254 g/mol. The lowest BCUT2D eigenvalue weighted by molar-refractivity contribution is 0.146. The smallest absolute Gasteiger partial charge is 0.188 e. The molecule has 0 fully saturated rings. The van der Waals surface area contributed by atoms with Crippen LogP contribution in [0.1, 0.15) is 18.9 Å². The summed E-state index contributed by atoms with van der Waals surface area (Å²) in [6.45, 7) is 4.89. The maximum Gasteiger partial charge on any atom is 0.188 e. The third kappa shape index (κ3) is 6.43. The molecule has 3 N–H and O–H groups in total. The van der Waals surface area contributed by atoms with Crippen molar-refractivity contribution < 1.29 is 9.47 Å². The Labute approximate surface area is 121 Å². The average molecular weight is 279 g/mol. The van der Waals surface area contributed by atoms with E-state index in [4.69, 9.17) is 15.2 Å². The van der Waals surface area contributed by atoms with E-state index in [1.54, 1.807) is 7.11 Å². The Morgan fingerprint density at radius 1 is 1.35 bits per heavy atom. The van der Waals surface area contributed by atoms with Gasteiger partial charge in [-0.15, -0.1) is 0 Å². The molecule has 5 nitrogen and oxygen atoms in total. The molecule has 0 aromatic heterocycles. The van der Waals surface area contributed by atoms with E-state index >= 15 is 0 Å². The second-order valence-electron chi connectivity index (χ2n) is 4.31. The molecule has 112 valence electrons. The van der Waals surface area contributed by atoms with Gasteiger partial charge in [-0.3, -0.25) is 4.99 Å². The highest BCUT2D eigenvalue weighted by molar-refractivity contribution is 5.77. The van der Waals surface area contributed by atoms with Gasteiger partial charge in [0.2, 0.25) is 0 Å². The Morgan fingerprint density at radius 3 is 2.90 bits per heavy atom. The summed E-state index contributed by atoms with van der Waals surface area (Å²) in [5, 5.41) is 3.10. The zero-order valence-electron chi connectivity index (χ0n) is 12.4. The predicted octanol–water partition coefficient (Wildman–Crippen LogP) is 1.57. The molecule has 0 atom stereocenters. The van der Waals surface area contributed by atoms with Crippen LogP contribution in [-0.2, 0) is 11.2 Å². The summed E-state index contributed by atoms with van der Waals surface area (Å²) in [6, 6.07) is 7.98. The Balaban J connectivity index is 2.24. The number of methoxy groups -OCH3 is 1. The zero-order valence-corrected chi connectivity index (χ0v) is 12.4. The quantitative estimate of drug-likeness (QED) is 0.409. The lowest BCUT2D eigenvalue weighted by atomic mass is 10.1. The summed E-state index contributed by atoms with van der Waals surface area (Å²) < 4.78 is 10.5. The number of hydrogen-bond donors (Lipinski definition) is 2. The van der Waals surface area contributed by atoms with Gasteiger partial charge in [-0.25, -0.2) is 0 Å². The fourth-order valence-electron chi connectivity index (χ4n) is 1.80. The number of aliphatic imine (C=N–C) groups is 1. The summed E-state index contributed by atoms with van der Waals surface area (Å²) in [6.07, 6.45) is 1.74.